The lowest BCUT2D eigenvalue weighted by Crippen LogP contribution is -2.40. The molecule has 0 unspecified atom stereocenters. The summed E-state index contributed by atoms with van der Waals surface area (Å²) in [5, 5.41) is 11.4. The fraction of sp³-hybridized carbons (Fsp3) is 0.444. The van der Waals surface area contributed by atoms with Gasteiger partial charge < -0.3 is 0 Å². The van der Waals surface area contributed by atoms with E-state index >= 15 is 0 Å². The first-order chi connectivity index (χ1) is 11.5. The van der Waals surface area contributed by atoms with Gasteiger partial charge in [-0.1, -0.05) is 18.2 Å². The van der Waals surface area contributed by atoms with Crippen molar-refractivity contribution in [2.75, 3.05) is 4.90 Å². The van der Waals surface area contributed by atoms with E-state index in [1.54, 1.807) is 13.0 Å². The maximum Gasteiger partial charge on any atom is 0.293 e. The Morgan fingerprint density at radius 1 is 1.08 bits per heavy atom. The second-order valence-corrected chi connectivity index (χ2v) is 7.42. The summed E-state index contributed by atoms with van der Waals surface area (Å²) < 4.78 is 0. The Bertz CT molecular complexity index is 809. The molecule has 24 heavy (non-hydrogen) atoms. The lowest BCUT2D eigenvalue weighted by atomic mass is 9.63. The Balaban J connectivity index is 1.61. The number of allylic oxidation sites excluding steroid dienone is 2. The number of rotatable bonds is 2. The van der Waals surface area contributed by atoms with Crippen LogP contribution in [0.1, 0.15) is 12.0 Å². The number of hydrogen-bond acceptors (Lipinski definition) is 4. The molecule has 4 aliphatic carbocycles. The SMILES string of the molecule is Cc1ccc(N2C(=O)[C@H]3[C@@H]4C=C[C@H]([C@@H]5C[C@H]45)[C@@H]3C2=O)c([N+](=O)[O-])c1. The molecule has 1 aliphatic heterocycles. The second kappa shape index (κ2) is 4.32. The molecule has 1 aromatic rings. The predicted octanol–water partition coefficient (Wildman–Crippen LogP) is 2.46. The molecule has 1 heterocycles. The third kappa shape index (κ3) is 1.56. The normalized spacial score (nSPS) is 38.3. The van der Waals surface area contributed by atoms with Crippen LogP contribution in [0.2, 0.25) is 0 Å². The van der Waals surface area contributed by atoms with Gasteiger partial charge in [-0.05, 0) is 48.6 Å². The zero-order valence-corrected chi connectivity index (χ0v) is 13.1. The topological polar surface area (TPSA) is 80.5 Å². The molecule has 6 nitrogen and oxygen atoms in total. The lowest BCUT2D eigenvalue weighted by Gasteiger charge is -2.37. The van der Waals surface area contributed by atoms with E-state index in [9.17, 15) is 19.7 Å². The maximum atomic E-state index is 13.0. The highest BCUT2D eigenvalue weighted by atomic mass is 16.6. The molecule has 2 amide bonds. The van der Waals surface area contributed by atoms with Gasteiger partial charge in [0.05, 0.1) is 16.8 Å². The van der Waals surface area contributed by atoms with Crippen LogP contribution in [0.15, 0.2) is 30.4 Å². The minimum absolute atomic E-state index is 0.114. The Hall–Kier alpha value is -2.50. The number of aryl methyl sites for hydroxylation is 1. The number of anilines is 1. The molecule has 1 saturated heterocycles. The average Bonchev–Trinajstić information content (AvgIpc) is 3.33. The summed E-state index contributed by atoms with van der Waals surface area (Å²) >= 11 is 0. The number of benzene rings is 1. The van der Waals surface area contributed by atoms with Gasteiger partial charge in [-0.15, -0.1) is 0 Å². The number of carbonyl (C=O) groups is 2. The number of nitro benzene ring substituents is 1. The van der Waals surface area contributed by atoms with Gasteiger partial charge in [0.25, 0.3) is 5.69 Å². The fourth-order valence-electron chi connectivity index (χ4n) is 5.16. The molecule has 2 saturated carbocycles. The highest BCUT2D eigenvalue weighted by molar-refractivity contribution is 6.23. The molecule has 6 heteroatoms. The Labute approximate surface area is 138 Å². The van der Waals surface area contributed by atoms with Crippen molar-refractivity contribution in [2.24, 2.45) is 35.5 Å². The average molecular weight is 324 g/mol. The first-order valence-corrected chi connectivity index (χ1v) is 8.30. The van der Waals surface area contributed by atoms with E-state index in [0.717, 1.165) is 16.9 Å². The van der Waals surface area contributed by atoms with Gasteiger partial charge >= 0.3 is 0 Å². The molecule has 1 aromatic carbocycles. The van der Waals surface area contributed by atoms with Crippen LogP contribution in [0.5, 0.6) is 0 Å². The van der Waals surface area contributed by atoms with E-state index in [1.165, 1.54) is 12.1 Å². The number of nitrogens with zero attached hydrogens (tertiary/aromatic N) is 2. The standard InChI is InChI=1S/C18H16N2O4/c1-8-2-5-13(14(6-8)20(23)24)19-17(21)15-9-3-4-10(12-7-11(9)12)16(15)18(19)22/h2-6,9-12,15-16H,7H2,1H3/t9-,10-,11-,12+,15+,16+/m1/s1. The zero-order chi connectivity index (χ0) is 16.7. The van der Waals surface area contributed by atoms with Crippen molar-refractivity contribution in [1.82, 2.24) is 0 Å². The van der Waals surface area contributed by atoms with Crippen molar-refractivity contribution in [3.8, 4) is 0 Å². The molecule has 6 atom stereocenters. The predicted molar refractivity (Wildman–Crippen MR) is 85.0 cm³/mol. The van der Waals surface area contributed by atoms with Crippen molar-refractivity contribution in [3.05, 3.63) is 46.0 Å². The molecule has 0 spiro atoms. The van der Waals surface area contributed by atoms with E-state index in [1.807, 2.05) is 0 Å². The molecule has 0 radical (unpaired) electrons. The second-order valence-electron chi connectivity index (χ2n) is 7.42. The number of amides is 2. The molecular weight excluding hydrogens is 308 g/mol. The van der Waals surface area contributed by atoms with Gasteiger partial charge in [-0.2, -0.15) is 0 Å². The van der Waals surface area contributed by atoms with Crippen LogP contribution in [0.25, 0.3) is 0 Å². The third-order valence-corrected chi connectivity index (χ3v) is 6.23. The summed E-state index contributed by atoms with van der Waals surface area (Å²) in [6.45, 7) is 1.75. The van der Waals surface area contributed by atoms with Gasteiger partial charge in [0.2, 0.25) is 11.8 Å². The summed E-state index contributed by atoms with van der Waals surface area (Å²) in [6.07, 6.45) is 5.29. The van der Waals surface area contributed by atoms with Crippen molar-refractivity contribution in [1.29, 1.82) is 0 Å². The van der Waals surface area contributed by atoms with Crippen LogP contribution in [0.4, 0.5) is 11.4 Å². The summed E-state index contributed by atoms with van der Waals surface area (Å²) in [6, 6.07) is 4.65. The Kier molecular flexibility index (Phi) is 2.50. The van der Waals surface area contributed by atoms with Gasteiger partial charge in [0, 0.05) is 6.07 Å². The minimum Gasteiger partial charge on any atom is -0.274 e. The largest absolute Gasteiger partial charge is 0.293 e. The number of imide groups is 1. The number of hydrogen-bond donors (Lipinski definition) is 0. The van der Waals surface area contributed by atoms with Crippen LogP contribution < -0.4 is 4.90 Å². The van der Waals surface area contributed by atoms with E-state index in [2.05, 4.69) is 12.2 Å². The highest BCUT2D eigenvalue weighted by Crippen LogP contribution is 2.65. The zero-order valence-electron chi connectivity index (χ0n) is 13.1. The molecular formula is C18H16N2O4. The highest BCUT2D eigenvalue weighted by Gasteiger charge is 2.67. The van der Waals surface area contributed by atoms with E-state index in [-0.39, 0.29) is 46.9 Å². The van der Waals surface area contributed by atoms with E-state index in [4.69, 9.17) is 0 Å². The van der Waals surface area contributed by atoms with E-state index in [0.29, 0.717) is 11.8 Å². The first-order valence-electron chi connectivity index (χ1n) is 8.30. The third-order valence-electron chi connectivity index (χ3n) is 6.23. The Morgan fingerprint density at radius 2 is 1.67 bits per heavy atom. The summed E-state index contributed by atoms with van der Waals surface area (Å²) in [5.41, 5.74) is 0.661. The monoisotopic (exact) mass is 324 g/mol. The Morgan fingerprint density at radius 3 is 2.21 bits per heavy atom. The van der Waals surface area contributed by atoms with E-state index < -0.39 is 4.92 Å². The number of carbonyl (C=O) groups excluding carboxylic acids is 2. The van der Waals surface area contributed by atoms with Crippen LogP contribution in [0.3, 0.4) is 0 Å². The molecule has 122 valence electrons. The summed E-state index contributed by atoms with van der Waals surface area (Å²) in [7, 11) is 0. The van der Waals surface area contributed by atoms with Crippen molar-refractivity contribution < 1.29 is 14.5 Å². The van der Waals surface area contributed by atoms with Crippen molar-refractivity contribution in [3.63, 3.8) is 0 Å². The molecule has 3 fully saturated rings. The molecule has 0 N–H and O–H groups in total. The molecule has 6 rings (SSSR count). The number of nitro groups is 1. The fourth-order valence-corrected chi connectivity index (χ4v) is 5.16. The summed E-state index contributed by atoms with van der Waals surface area (Å²) in [4.78, 5) is 38.0. The van der Waals surface area contributed by atoms with Gasteiger partial charge in [0.15, 0.2) is 0 Å². The first kappa shape index (κ1) is 13.9. The molecule has 5 aliphatic rings. The van der Waals surface area contributed by atoms with Crippen molar-refractivity contribution in [2.45, 2.75) is 13.3 Å². The maximum absolute atomic E-state index is 13.0. The summed E-state index contributed by atoms with van der Waals surface area (Å²) in [5.74, 6) is 0.0847. The van der Waals surface area contributed by atoms with Crippen LogP contribution in [-0.4, -0.2) is 16.7 Å². The molecule has 2 bridgehead atoms. The van der Waals surface area contributed by atoms with Gasteiger partial charge in [0.1, 0.15) is 5.69 Å². The smallest absolute Gasteiger partial charge is 0.274 e. The van der Waals surface area contributed by atoms with Gasteiger partial charge in [-0.3, -0.25) is 19.7 Å². The van der Waals surface area contributed by atoms with Crippen LogP contribution >= 0.6 is 0 Å². The quantitative estimate of drug-likeness (QED) is 0.362. The van der Waals surface area contributed by atoms with Gasteiger partial charge in [-0.25, -0.2) is 4.90 Å². The molecule has 0 aromatic heterocycles. The van der Waals surface area contributed by atoms with Crippen LogP contribution in [-0.2, 0) is 9.59 Å². The lowest BCUT2D eigenvalue weighted by molar-refractivity contribution is -0.384. The minimum atomic E-state index is -0.519. The van der Waals surface area contributed by atoms with Crippen molar-refractivity contribution >= 4 is 23.2 Å². The van der Waals surface area contributed by atoms with Crippen LogP contribution in [0, 0.1) is 52.5 Å².